The van der Waals surface area contributed by atoms with E-state index in [0.717, 1.165) is 5.56 Å². The molecule has 6 heteroatoms. The van der Waals surface area contributed by atoms with E-state index in [9.17, 15) is 19.0 Å². The molecule has 1 aromatic carbocycles. The lowest BCUT2D eigenvalue weighted by molar-refractivity contribution is -0.118. The average Bonchev–Trinajstić information content (AvgIpc) is 2.26. The van der Waals surface area contributed by atoms with Crippen LogP contribution in [0.2, 0.25) is 0 Å². The van der Waals surface area contributed by atoms with Gasteiger partial charge in [-0.15, -0.1) is 10.8 Å². The first-order valence-corrected chi connectivity index (χ1v) is 7.13. The number of hydrogen-bond donors (Lipinski definition) is 4. The first kappa shape index (κ1) is 15.1. The van der Waals surface area contributed by atoms with Gasteiger partial charge in [0.1, 0.15) is 5.78 Å². The second kappa shape index (κ2) is 6.31. The normalized spacial score (nSPS) is 14.3. The summed E-state index contributed by atoms with van der Waals surface area (Å²) in [6.45, 7) is 3.23. The molecule has 0 aliphatic rings. The number of rotatable bonds is 6. The molecular formula is C12H19NO4S. The number of carbonyl (C=O) groups is 1. The molecule has 0 bridgehead atoms. The van der Waals surface area contributed by atoms with Gasteiger partial charge in [-0.2, -0.15) is 0 Å². The zero-order chi connectivity index (χ0) is 13.8. The number of hydrogen-bond acceptors (Lipinski definition) is 5. The molecule has 0 heterocycles. The van der Waals surface area contributed by atoms with Gasteiger partial charge >= 0.3 is 0 Å². The molecule has 0 aliphatic carbocycles. The zero-order valence-corrected chi connectivity index (χ0v) is 11.3. The first-order valence-electron chi connectivity index (χ1n) is 5.58. The standard InChI is InChI=1S/C12H19NO4S/c1-9-3-5-12(6-4-9)18(16,17)13-8-11(15)7-10(2)14/h3-6,11,13,15-17H,7-8H2,1-2H3. The van der Waals surface area contributed by atoms with Gasteiger partial charge in [0.05, 0.1) is 11.0 Å². The summed E-state index contributed by atoms with van der Waals surface area (Å²) in [7, 11) is -3.13. The topological polar surface area (TPSA) is 89.8 Å². The number of aliphatic hydroxyl groups is 1. The highest BCUT2D eigenvalue weighted by atomic mass is 32.3. The maximum absolute atomic E-state index is 10.8. The number of aliphatic hydroxyl groups excluding tert-OH is 1. The highest BCUT2D eigenvalue weighted by Gasteiger charge is 2.17. The zero-order valence-electron chi connectivity index (χ0n) is 10.5. The van der Waals surface area contributed by atoms with Gasteiger partial charge in [-0.3, -0.25) is 13.9 Å². The lowest BCUT2D eigenvalue weighted by atomic mass is 10.2. The third kappa shape index (κ3) is 4.75. The van der Waals surface area contributed by atoms with Crippen LogP contribution in [0.15, 0.2) is 29.2 Å². The molecular weight excluding hydrogens is 254 g/mol. The second-order valence-corrected chi connectivity index (χ2v) is 6.13. The van der Waals surface area contributed by atoms with Gasteiger partial charge in [0.25, 0.3) is 0 Å². The van der Waals surface area contributed by atoms with Crippen LogP contribution in [0.4, 0.5) is 0 Å². The highest BCUT2D eigenvalue weighted by Crippen LogP contribution is 2.43. The Hall–Kier alpha value is -0.920. The van der Waals surface area contributed by atoms with Crippen LogP contribution in [0, 0.1) is 6.92 Å². The molecule has 0 spiro atoms. The van der Waals surface area contributed by atoms with E-state index >= 15 is 0 Å². The van der Waals surface area contributed by atoms with Crippen molar-refractivity contribution in [2.45, 2.75) is 31.3 Å². The summed E-state index contributed by atoms with van der Waals surface area (Å²) < 4.78 is 22.3. The molecule has 5 nitrogen and oxygen atoms in total. The number of nitrogens with one attached hydrogen (secondary N) is 1. The maximum Gasteiger partial charge on any atom is 0.132 e. The Morgan fingerprint density at radius 1 is 1.33 bits per heavy atom. The first-order chi connectivity index (χ1) is 8.31. The Kier molecular flexibility index (Phi) is 5.30. The Labute approximate surface area is 108 Å². The lowest BCUT2D eigenvalue weighted by Crippen LogP contribution is -2.30. The maximum atomic E-state index is 10.8. The van der Waals surface area contributed by atoms with E-state index in [1.54, 1.807) is 24.3 Å². The predicted molar refractivity (Wildman–Crippen MR) is 71.6 cm³/mol. The molecule has 102 valence electrons. The summed E-state index contributed by atoms with van der Waals surface area (Å²) in [5.74, 6) is -0.142. The number of Topliss-reactive ketones (excluding diaryl/α,β-unsaturated/α-hetero) is 1. The molecule has 0 fully saturated rings. The van der Waals surface area contributed by atoms with E-state index < -0.39 is 16.9 Å². The van der Waals surface area contributed by atoms with Crippen LogP contribution in [-0.2, 0) is 4.79 Å². The summed E-state index contributed by atoms with van der Waals surface area (Å²) in [5.41, 5.74) is 1.02. The van der Waals surface area contributed by atoms with Crippen LogP contribution in [0.3, 0.4) is 0 Å². The fraction of sp³-hybridized carbons (Fsp3) is 0.417. The molecule has 1 atom stereocenters. The summed E-state index contributed by atoms with van der Waals surface area (Å²) in [5, 5.41) is 9.48. The van der Waals surface area contributed by atoms with E-state index in [4.69, 9.17) is 0 Å². The van der Waals surface area contributed by atoms with Gasteiger partial charge in [0, 0.05) is 13.0 Å². The van der Waals surface area contributed by atoms with Crippen molar-refractivity contribution >= 4 is 16.6 Å². The summed E-state index contributed by atoms with van der Waals surface area (Å²) >= 11 is 0. The molecule has 0 amide bonds. The molecule has 1 unspecified atom stereocenters. The van der Waals surface area contributed by atoms with E-state index in [1.165, 1.54) is 6.92 Å². The average molecular weight is 273 g/mol. The second-order valence-electron chi connectivity index (χ2n) is 4.27. The van der Waals surface area contributed by atoms with Crippen molar-refractivity contribution < 1.29 is 19.0 Å². The van der Waals surface area contributed by atoms with Crippen molar-refractivity contribution in [3.05, 3.63) is 29.8 Å². The molecule has 0 aromatic heterocycles. The van der Waals surface area contributed by atoms with E-state index in [2.05, 4.69) is 4.72 Å². The van der Waals surface area contributed by atoms with Gasteiger partial charge in [-0.1, -0.05) is 17.7 Å². The fourth-order valence-electron chi connectivity index (χ4n) is 1.43. The molecule has 0 radical (unpaired) electrons. The molecule has 1 rings (SSSR count). The third-order valence-electron chi connectivity index (χ3n) is 2.39. The molecule has 0 saturated heterocycles. The van der Waals surface area contributed by atoms with Crippen molar-refractivity contribution in [3.63, 3.8) is 0 Å². The van der Waals surface area contributed by atoms with E-state index in [1.807, 2.05) is 6.92 Å². The Morgan fingerprint density at radius 3 is 2.39 bits per heavy atom. The minimum absolute atomic E-state index is 0.00355. The fourth-order valence-corrected chi connectivity index (χ4v) is 2.53. The summed E-state index contributed by atoms with van der Waals surface area (Å²) in [4.78, 5) is 11.1. The van der Waals surface area contributed by atoms with Crippen molar-refractivity contribution in [1.82, 2.24) is 4.72 Å². The van der Waals surface area contributed by atoms with Crippen LogP contribution in [0.25, 0.3) is 0 Å². The van der Waals surface area contributed by atoms with Crippen LogP contribution < -0.4 is 4.72 Å². The Morgan fingerprint density at radius 2 is 1.89 bits per heavy atom. The van der Waals surface area contributed by atoms with Gasteiger partial charge < -0.3 is 5.11 Å². The summed E-state index contributed by atoms with van der Waals surface area (Å²) in [6, 6.07) is 6.79. The smallest absolute Gasteiger partial charge is 0.132 e. The monoisotopic (exact) mass is 273 g/mol. The van der Waals surface area contributed by atoms with E-state index in [0.29, 0.717) is 4.90 Å². The van der Waals surface area contributed by atoms with Gasteiger partial charge in [0.2, 0.25) is 0 Å². The van der Waals surface area contributed by atoms with Crippen LogP contribution >= 0.6 is 10.8 Å². The number of benzene rings is 1. The largest absolute Gasteiger partial charge is 0.391 e. The van der Waals surface area contributed by atoms with Crippen molar-refractivity contribution in [3.8, 4) is 0 Å². The molecule has 0 aliphatic heterocycles. The number of aryl methyl sites for hydroxylation is 1. The van der Waals surface area contributed by atoms with Gasteiger partial charge in [0.15, 0.2) is 0 Å². The van der Waals surface area contributed by atoms with E-state index in [-0.39, 0.29) is 18.7 Å². The molecule has 0 saturated carbocycles. The molecule has 1 aromatic rings. The van der Waals surface area contributed by atoms with Crippen LogP contribution in [-0.4, -0.2) is 32.6 Å². The number of carbonyl (C=O) groups excluding carboxylic acids is 1. The summed E-state index contributed by atoms with van der Waals surface area (Å²) in [6.07, 6.45) is -0.921. The highest BCUT2D eigenvalue weighted by molar-refractivity contribution is 8.22. The SMILES string of the molecule is CC(=O)CC(O)CNS(O)(O)c1ccc(C)cc1. The molecule has 18 heavy (non-hydrogen) atoms. The van der Waals surface area contributed by atoms with Crippen LogP contribution in [0.5, 0.6) is 0 Å². The number of ketones is 1. The predicted octanol–water partition coefficient (Wildman–Crippen LogP) is 1.95. The quantitative estimate of drug-likeness (QED) is 0.636. The van der Waals surface area contributed by atoms with Crippen molar-refractivity contribution in [2.75, 3.05) is 6.54 Å². The van der Waals surface area contributed by atoms with Crippen LogP contribution in [0.1, 0.15) is 18.9 Å². The third-order valence-corrected chi connectivity index (χ3v) is 3.89. The van der Waals surface area contributed by atoms with Gasteiger partial charge in [-0.25, -0.2) is 4.72 Å². The minimum Gasteiger partial charge on any atom is -0.391 e. The lowest BCUT2D eigenvalue weighted by Gasteiger charge is -2.33. The minimum atomic E-state index is -3.13. The van der Waals surface area contributed by atoms with Gasteiger partial charge in [-0.05, 0) is 26.0 Å². The van der Waals surface area contributed by atoms with Crippen molar-refractivity contribution in [1.29, 1.82) is 0 Å². The van der Waals surface area contributed by atoms with Crippen molar-refractivity contribution in [2.24, 2.45) is 0 Å². The molecule has 4 N–H and O–H groups in total. The Bertz CT molecular complexity index is 405. The Balaban J connectivity index is 2.59.